The highest BCUT2D eigenvalue weighted by Gasteiger charge is 2.44. The summed E-state index contributed by atoms with van der Waals surface area (Å²) in [6.07, 6.45) is 7.86. The van der Waals surface area contributed by atoms with Crippen molar-refractivity contribution in [3.63, 3.8) is 0 Å². The van der Waals surface area contributed by atoms with E-state index in [-0.39, 0.29) is 11.5 Å². The van der Waals surface area contributed by atoms with Crippen molar-refractivity contribution in [2.75, 3.05) is 19.6 Å². The van der Waals surface area contributed by atoms with Crippen molar-refractivity contribution >= 4 is 6.29 Å². The van der Waals surface area contributed by atoms with E-state index in [0.29, 0.717) is 11.8 Å². The van der Waals surface area contributed by atoms with Crippen LogP contribution < -0.4 is 0 Å². The van der Waals surface area contributed by atoms with Crippen molar-refractivity contribution in [2.24, 2.45) is 17.3 Å². The number of carbonyl (C=O) groups excluding carboxylic acids is 1. The molecule has 0 aromatic carbocycles. The first-order chi connectivity index (χ1) is 8.22. The third-order valence-corrected chi connectivity index (χ3v) is 5.28. The first-order valence-corrected chi connectivity index (χ1v) is 7.09. The van der Waals surface area contributed by atoms with Crippen LogP contribution >= 0.6 is 0 Å². The molecule has 0 amide bonds. The fraction of sp³-hybridized carbons (Fsp3) is 0.929. The molecule has 3 rings (SSSR count). The molecule has 3 heteroatoms. The minimum Gasteiger partial charge on any atom is -0.393 e. The second-order valence-corrected chi connectivity index (χ2v) is 6.45. The summed E-state index contributed by atoms with van der Waals surface area (Å²) >= 11 is 0. The number of aliphatic hydroxyl groups is 1. The minimum atomic E-state index is -0.0826. The molecule has 3 atom stereocenters. The molecule has 1 saturated heterocycles. The van der Waals surface area contributed by atoms with Gasteiger partial charge in [0.1, 0.15) is 6.29 Å². The van der Waals surface area contributed by atoms with Gasteiger partial charge < -0.3 is 14.8 Å². The van der Waals surface area contributed by atoms with E-state index >= 15 is 0 Å². The quantitative estimate of drug-likeness (QED) is 0.755. The summed E-state index contributed by atoms with van der Waals surface area (Å²) in [4.78, 5) is 13.8. The number of hydrogen-bond acceptors (Lipinski definition) is 3. The topological polar surface area (TPSA) is 40.5 Å². The van der Waals surface area contributed by atoms with Crippen LogP contribution in [0, 0.1) is 17.3 Å². The fourth-order valence-electron chi connectivity index (χ4n) is 4.30. The number of aldehydes is 1. The van der Waals surface area contributed by atoms with Gasteiger partial charge in [0, 0.05) is 31.0 Å². The molecule has 1 aliphatic heterocycles. The average Bonchev–Trinajstić information content (AvgIpc) is 2.99. The lowest BCUT2D eigenvalue weighted by Crippen LogP contribution is -2.37. The highest BCUT2D eigenvalue weighted by Crippen LogP contribution is 2.42. The van der Waals surface area contributed by atoms with Gasteiger partial charge in [-0.05, 0) is 31.6 Å². The number of hydrogen-bond donors (Lipinski definition) is 1. The van der Waals surface area contributed by atoms with Crippen molar-refractivity contribution in [3.05, 3.63) is 0 Å². The monoisotopic (exact) mass is 237 g/mol. The smallest absolute Gasteiger partial charge is 0.127 e. The molecule has 3 unspecified atom stereocenters. The molecule has 0 bridgehead atoms. The van der Waals surface area contributed by atoms with Crippen molar-refractivity contribution in [1.29, 1.82) is 0 Å². The number of likely N-dealkylation sites (tertiary alicyclic amines) is 1. The van der Waals surface area contributed by atoms with E-state index in [4.69, 9.17) is 0 Å². The normalized spacial score (nSPS) is 40.6. The lowest BCUT2D eigenvalue weighted by molar-refractivity contribution is -0.116. The Morgan fingerprint density at radius 3 is 2.65 bits per heavy atom. The summed E-state index contributed by atoms with van der Waals surface area (Å²) in [7, 11) is 0. The maximum Gasteiger partial charge on any atom is 0.127 e. The predicted molar refractivity (Wildman–Crippen MR) is 65.6 cm³/mol. The summed E-state index contributed by atoms with van der Waals surface area (Å²) in [5.41, 5.74) is -0.0520. The Labute approximate surface area is 103 Å². The Morgan fingerprint density at radius 2 is 2.00 bits per heavy atom. The van der Waals surface area contributed by atoms with Crippen LogP contribution in [-0.4, -0.2) is 42.0 Å². The summed E-state index contributed by atoms with van der Waals surface area (Å²) in [5.74, 6) is 1.18. The number of carbonyl (C=O) groups is 1. The van der Waals surface area contributed by atoms with Crippen LogP contribution in [0.5, 0.6) is 0 Å². The van der Waals surface area contributed by atoms with Gasteiger partial charge in [-0.2, -0.15) is 0 Å². The Bertz CT molecular complexity index is 299. The van der Waals surface area contributed by atoms with E-state index in [2.05, 4.69) is 4.90 Å². The van der Waals surface area contributed by atoms with Crippen LogP contribution in [0.1, 0.15) is 38.5 Å². The number of fused-ring (bicyclic) bond motifs is 1. The van der Waals surface area contributed by atoms with Gasteiger partial charge >= 0.3 is 0 Å². The summed E-state index contributed by atoms with van der Waals surface area (Å²) in [6.45, 7) is 3.06. The molecule has 17 heavy (non-hydrogen) atoms. The summed E-state index contributed by atoms with van der Waals surface area (Å²) in [5, 5.41) is 9.90. The third-order valence-electron chi connectivity index (χ3n) is 5.28. The van der Waals surface area contributed by atoms with E-state index in [1.54, 1.807) is 0 Å². The van der Waals surface area contributed by atoms with Crippen molar-refractivity contribution < 1.29 is 9.90 Å². The highest BCUT2D eigenvalue weighted by molar-refractivity contribution is 5.60. The van der Waals surface area contributed by atoms with Crippen LogP contribution in [0.2, 0.25) is 0 Å². The SMILES string of the molecule is O=CC1(CN2CC3CCC(O)C3C2)CCCC1. The molecule has 2 saturated carbocycles. The van der Waals surface area contributed by atoms with E-state index in [1.807, 2.05) is 0 Å². The fourth-order valence-corrected chi connectivity index (χ4v) is 4.30. The predicted octanol–water partition coefficient (Wildman–Crippen LogP) is 1.45. The van der Waals surface area contributed by atoms with Gasteiger partial charge in [0.15, 0.2) is 0 Å². The van der Waals surface area contributed by atoms with Gasteiger partial charge in [-0.3, -0.25) is 0 Å². The van der Waals surface area contributed by atoms with Crippen molar-refractivity contribution in [3.8, 4) is 0 Å². The van der Waals surface area contributed by atoms with Crippen LogP contribution in [0.25, 0.3) is 0 Å². The van der Waals surface area contributed by atoms with Crippen LogP contribution in [0.4, 0.5) is 0 Å². The van der Waals surface area contributed by atoms with Crippen molar-refractivity contribution in [2.45, 2.75) is 44.6 Å². The third kappa shape index (κ3) is 2.04. The second-order valence-electron chi connectivity index (χ2n) is 6.45. The molecule has 0 aromatic heterocycles. The van der Waals surface area contributed by atoms with Crippen molar-refractivity contribution in [1.82, 2.24) is 4.90 Å². The lowest BCUT2D eigenvalue weighted by atomic mass is 9.87. The molecule has 0 radical (unpaired) electrons. The van der Waals surface area contributed by atoms with Crippen LogP contribution in [0.15, 0.2) is 0 Å². The Kier molecular flexibility index (Phi) is 2.99. The molecule has 3 nitrogen and oxygen atoms in total. The van der Waals surface area contributed by atoms with Gasteiger partial charge in [0.25, 0.3) is 0 Å². The largest absolute Gasteiger partial charge is 0.393 e. The molecule has 2 aliphatic carbocycles. The Balaban J connectivity index is 1.62. The molecule has 0 aromatic rings. The van der Waals surface area contributed by atoms with Gasteiger partial charge in [-0.25, -0.2) is 0 Å². The first-order valence-electron chi connectivity index (χ1n) is 7.09. The summed E-state index contributed by atoms with van der Waals surface area (Å²) < 4.78 is 0. The Hall–Kier alpha value is -0.410. The zero-order valence-electron chi connectivity index (χ0n) is 10.5. The summed E-state index contributed by atoms with van der Waals surface area (Å²) in [6, 6.07) is 0. The molecule has 3 aliphatic rings. The zero-order valence-corrected chi connectivity index (χ0v) is 10.5. The van der Waals surface area contributed by atoms with Gasteiger partial charge in [-0.1, -0.05) is 12.8 Å². The zero-order chi connectivity index (χ0) is 11.9. The van der Waals surface area contributed by atoms with Gasteiger partial charge in [0.05, 0.1) is 6.10 Å². The van der Waals surface area contributed by atoms with Crippen LogP contribution in [-0.2, 0) is 4.79 Å². The van der Waals surface area contributed by atoms with Gasteiger partial charge in [0.2, 0.25) is 0 Å². The molecule has 1 N–H and O–H groups in total. The number of aliphatic hydroxyl groups excluding tert-OH is 1. The van der Waals surface area contributed by atoms with E-state index in [0.717, 1.165) is 38.9 Å². The minimum absolute atomic E-state index is 0.0520. The molecule has 0 spiro atoms. The standard InChI is InChI=1S/C14H23NO2/c16-10-14(5-1-2-6-14)9-15-7-11-3-4-13(17)12(11)8-15/h10-13,17H,1-9H2. The highest BCUT2D eigenvalue weighted by atomic mass is 16.3. The maximum atomic E-state index is 11.4. The Morgan fingerprint density at radius 1 is 1.24 bits per heavy atom. The molecular formula is C14H23NO2. The van der Waals surface area contributed by atoms with Gasteiger partial charge in [-0.15, -0.1) is 0 Å². The average molecular weight is 237 g/mol. The molecule has 1 heterocycles. The lowest BCUT2D eigenvalue weighted by Gasteiger charge is -2.29. The first kappa shape index (κ1) is 11.7. The maximum absolute atomic E-state index is 11.4. The van der Waals surface area contributed by atoms with Crippen LogP contribution in [0.3, 0.4) is 0 Å². The van der Waals surface area contributed by atoms with E-state index in [9.17, 15) is 9.90 Å². The molecule has 96 valence electrons. The second kappa shape index (κ2) is 4.36. The number of rotatable bonds is 3. The molecular weight excluding hydrogens is 214 g/mol. The molecule has 3 fully saturated rings. The van der Waals surface area contributed by atoms with E-state index < -0.39 is 0 Å². The van der Waals surface area contributed by atoms with E-state index in [1.165, 1.54) is 25.5 Å². The number of nitrogens with zero attached hydrogens (tertiary/aromatic N) is 1.